The molecule has 2 aromatic carbocycles. The lowest BCUT2D eigenvalue weighted by molar-refractivity contribution is 0.0264. The SMILES string of the molecule is Cc1cccc2cccc(C3Cc4nc(OC[C@@H]5CCCN5C)nc(N5CCNC[C@@H]5C)c4CO3)c12. The molecule has 7 nitrogen and oxygen atoms in total. The average Bonchev–Trinajstić information content (AvgIpc) is 3.31. The molecule has 0 aliphatic carbocycles. The predicted octanol–water partition coefficient (Wildman–Crippen LogP) is 4.02. The van der Waals surface area contributed by atoms with Crippen molar-refractivity contribution >= 4 is 16.6 Å². The number of piperazine rings is 1. The van der Waals surface area contributed by atoms with Gasteiger partial charge in [-0.2, -0.15) is 9.97 Å². The van der Waals surface area contributed by atoms with Crippen LogP contribution in [-0.4, -0.2) is 66.8 Å². The largest absolute Gasteiger partial charge is 0.462 e. The summed E-state index contributed by atoms with van der Waals surface area (Å²) in [5, 5.41) is 6.04. The minimum absolute atomic E-state index is 0.0423. The molecule has 1 N–H and O–H groups in total. The molecule has 3 aliphatic rings. The highest BCUT2D eigenvalue weighted by molar-refractivity contribution is 5.89. The molecule has 0 saturated carbocycles. The predicted molar refractivity (Wildman–Crippen MR) is 143 cm³/mol. The number of likely N-dealkylation sites (tertiary alicyclic amines) is 1. The monoisotopic (exact) mass is 487 g/mol. The smallest absolute Gasteiger partial charge is 0.318 e. The molecule has 0 radical (unpaired) electrons. The third kappa shape index (κ3) is 4.44. The molecule has 7 heteroatoms. The second kappa shape index (κ2) is 9.96. The number of nitrogens with zero attached hydrogens (tertiary/aromatic N) is 4. The van der Waals surface area contributed by atoms with Gasteiger partial charge in [-0.1, -0.05) is 36.4 Å². The number of aryl methyl sites for hydroxylation is 1. The maximum Gasteiger partial charge on any atom is 0.318 e. The summed E-state index contributed by atoms with van der Waals surface area (Å²) in [6.07, 6.45) is 3.07. The van der Waals surface area contributed by atoms with Crippen molar-refractivity contribution in [1.82, 2.24) is 20.2 Å². The van der Waals surface area contributed by atoms with Crippen LogP contribution in [0.15, 0.2) is 36.4 Å². The minimum Gasteiger partial charge on any atom is -0.462 e. The maximum absolute atomic E-state index is 6.55. The van der Waals surface area contributed by atoms with E-state index in [0.717, 1.165) is 49.7 Å². The fourth-order valence-corrected chi connectivity index (χ4v) is 6.08. The quantitative estimate of drug-likeness (QED) is 0.583. The van der Waals surface area contributed by atoms with Gasteiger partial charge in [0.2, 0.25) is 0 Å². The number of anilines is 1. The van der Waals surface area contributed by atoms with Crippen molar-refractivity contribution in [3.05, 3.63) is 58.8 Å². The number of ether oxygens (including phenoxy) is 2. The van der Waals surface area contributed by atoms with Crippen LogP contribution in [-0.2, 0) is 17.8 Å². The van der Waals surface area contributed by atoms with Crippen LogP contribution in [0.4, 0.5) is 5.82 Å². The second-order valence-corrected chi connectivity index (χ2v) is 10.6. The third-order valence-electron chi connectivity index (χ3n) is 8.20. The highest BCUT2D eigenvalue weighted by Crippen LogP contribution is 2.38. The van der Waals surface area contributed by atoms with E-state index < -0.39 is 0 Å². The molecule has 0 bridgehead atoms. The number of rotatable bonds is 5. The summed E-state index contributed by atoms with van der Waals surface area (Å²) >= 11 is 0. The number of hydrogen-bond donors (Lipinski definition) is 1. The van der Waals surface area contributed by atoms with Gasteiger partial charge in [-0.15, -0.1) is 0 Å². The second-order valence-electron chi connectivity index (χ2n) is 10.6. The first-order valence-corrected chi connectivity index (χ1v) is 13.4. The molecule has 4 heterocycles. The molecule has 36 heavy (non-hydrogen) atoms. The first-order valence-electron chi connectivity index (χ1n) is 13.4. The van der Waals surface area contributed by atoms with Gasteiger partial charge < -0.3 is 24.6 Å². The first-order chi connectivity index (χ1) is 17.6. The van der Waals surface area contributed by atoms with Gasteiger partial charge in [0.1, 0.15) is 12.4 Å². The van der Waals surface area contributed by atoms with Crippen molar-refractivity contribution in [3.63, 3.8) is 0 Å². The van der Waals surface area contributed by atoms with Gasteiger partial charge in [-0.05, 0) is 62.2 Å². The Hall–Kier alpha value is -2.74. The molecule has 3 aromatic rings. The molecule has 1 aromatic heterocycles. The molecular weight excluding hydrogens is 450 g/mol. The summed E-state index contributed by atoms with van der Waals surface area (Å²) in [5.74, 6) is 0.983. The van der Waals surface area contributed by atoms with Crippen molar-refractivity contribution in [3.8, 4) is 6.01 Å². The van der Waals surface area contributed by atoms with E-state index in [1.165, 1.54) is 34.7 Å². The standard InChI is InChI=1S/C29H37N5O2/c1-19-7-4-8-21-9-5-11-23(27(19)21)26-15-25-24(18-35-26)28(34-14-12-30-16-20(34)2)32-29(31-25)36-17-22-10-6-13-33(22)3/h4-5,7-9,11,20,22,26,30H,6,10,12-18H2,1-3H3/t20-,22-,26?/m0/s1. The number of benzene rings is 2. The van der Waals surface area contributed by atoms with Gasteiger partial charge in [0.05, 0.1) is 18.4 Å². The van der Waals surface area contributed by atoms with E-state index in [9.17, 15) is 0 Å². The van der Waals surface area contributed by atoms with Crippen molar-refractivity contribution in [2.24, 2.45) is 0 Å². The number of nitrogens with one attached hydrogen (secondary N) is 1. The normalized spacial score (nSPS) is 24.8. The van der Waals surface area contributed by atoms with Gasteiger partial charge in [-0.25, -0.2) is 0 Å². The van der Waals surface area contributed by atoms with E-state index in [2.05, 4.69) is 72.4 Å². The van der Waals surface area contributed by atoms with Crippen LogP contribution in [0.5, 0.6) is 6.01 Å². The Bertz CT molecular complexity index is 1240. The summed E-state index contributed by atoms with van der Waals surface area (Å²) < 4.78 is 12.8. The summed E-state index contributed by atoms with van der Waals surface area (Å²) in [7, 11) is 2.18. The van der Waals surface area contributed by atoms with Gasteiger partial charge in [-0.3, -0.25) is 0 Å². The molecule has 0 spiro atoms. The van der Waals surface area contributed by atoms with Crippen molar-refractivity contribution in [2.45, 2.75) is 57.9 Å². The van der Waals surface area contributed by atoms with Gasteiger partial charge in [0.25, 0.3) is 0 Å². The fourth-order valence-electron chi connectivity index (χ4n) is 6.08. The molecule has 6 rings (SSSR count). The van der Waals surface area contributed by atoms with Crippen LogP contribution < -0.4 is 15.0 Å². The summed E-state index contributed by atoms with van der Waals surface area (Å²) in [5.41, 5.74) is 4.69. The molecule has 190 valence electrons. The highest BCUT2D eigenvalue weighted by atomic mass is 16.5. The van der Waals surface area contributed by atoms with E-state index in [-0.39, 0.29) is 6.10 Å². The van der Waals surface area contributed by atoms with Gasteiger partial charge in [0.15, 0.2) is 0 Å². The molecular formula is C29H37N5O2. The lowest BCUT2D eigenvalue weighted by Gasteiger charge is -2.37. The number of aromatic nitrogens is 2. The summed E-state index contributed by atoms with van der Waals surface area (Å²) in [6.45, 7) is 9.52. The number of likely N-dealkylation sites (N-methyl/N-ethyl adjacent to an activating group) is 1. The van der Waals surface area contributed by atoms with E-state index in [0.29, 0.717) is 31.3 Å². The lowest BCUT2D eigenvalue weighted by Crippen LogP contribution is -2.50. The summed E-state index contributed by atoms with van der Waals surface area (Å²) in [4.78, 5) is 14.7. The minimum atomic E-state index is -0.0423. The Morgan fingerprint density at radius 1 is 1.14 bits per heavy atom. The molecule has 2 saturated heterocycles. The molecule has 1 unspecified atom stereocenters. The Morgan fingerprint density at radius 3 is 2.81 bits per heavy atom. The maximum atomic E-state index is 6.55. The van der Waals surface area contributed by atoms with Crippen LogP contribution in [0.2, 0.25) is 0 Å². The lowest BCUT2D eigenvalue weighted by atomic mass is 9.92. The van der Waals surface area contributed by atoms with Crippen LogP contribution in [0.25, 0.3) is 10.8 Å². The zero-order chi connectivity index (χ0) is 24.6. The van der Waals surface area contributed by atoms with Crippen LogP contribution in [0, 0.1) is 6.92 Å². The molecule has 0 amide bonds. The van der Waals surface area contributed by atoms with Crippen LogP contribution in [0.1, 0.15) is 48.3 Å². The fraction of sp³-hybridized carbons (Fsp3) is 0.517. The number of hydrogen-bond acceptors (Lipinski definition) is 7. The van der Waals surface area contributed by atoms with Gasteiger partial charge in [0, 0.05) is 43.7 Å². The first kappa shape index (κ1) is 23.6. The van der Waals surface area contributed by atoms with E-state index >= 15 is 0 Å². The van der Waals surface area contributed by atoms with E-state index in [1.54, 1.807) is 0 Å². The van der Waals surface area contributed by atoms with Crippen molar-refractivity contribution < 1.29 is 9.47 Å². The molecule has 2 fully saturated rings. The molecule has 3 atom stereocenters. The van der Waals surface area contributed by atoms with Crippen LogP contribution in [0.3, 0.4) is 0 Å². The topological polar surface area (TPSA) is 62.8 Å². The van der Waals surface area contributed by atoms with Crippen molar-refractivity contribution in [2.75, 3.05) is 44.7 Å². The van der Waals surface area contributed by atoms with Gasteiger partial charge >= 0.3 is 6.01 Å². The highest BCUT2D eigenvalue weighted by Gasteiger charge is 2.31. The van der Waals surface area contributed by atoms with E-state index in [4.69, 9.17) is 19.4 Å². The molecule has 3 aliphatic heterocycles. The van der Waals surface area contributed by atoms with Crippen LogP contribution >= 0.6 is 0 Å². The Kier molecular flexibility index (Phi) is 6.54. The Morgan fingerprint density at radius 2 is 2.00 bits per heavy atom. The number of fused-ring (bicyclic) bond motifs is 2. The van der Waals surface area contributed by atoms with E-state index in [1.807, 2.05) is 0 Å². The zero-order valence-corrected chi connectivity index (χ0v) is 21.7. The third-order valence-corrected chi connectivity index (χ3v) is 8.20. The summed E-state index contributed by atoms with van der Waals surface area (Å²) in [6, 6.07) is 14.3. The zero-order valence-electron chi connectivity index (χ0n) is 21.7. The average molecular weight is 488 g/mol. The van der Waals surface area contributed by atoms with Crippen molar-refractivity contribution in [1.29, 1.82) is 0 Å². The Labute approximate surface area is 213 Å². The Balaban J connectivity index is 1.35.